The predicted octanol–water partition coefficient (Wildman–Crippen LogP) is 7.18. The van der Waals surface area contributed by atoms with Gasteiger partial charge in [-0.2, -0.15) is 0 Å². The Morgan fingerprint density at radius 2 is 1.71 bits per heavy atom. The highest BCUT2D eigenvalue weighted by atomic mass is 127. The monoisotopic (exact) mass is 615 g/mol. The maximum Gasteiger partial charge on any atom is 0.343 e. The van der Waals surface area contributed by atoms with Gasteiger partial charge in [0, 0.05) is 17.6 Å². The second-order valence-corrected chi connectivity index (χ2v) is 17.9. The molecule has 6 nitrogen and oxygen atoms in total. The van der Waals surface area contributed by atoms with Crippen LogP contribution in [0.3, 0.4) is 0 Å². The van der Waals surface area contributed by atoms with Gasteiger partial charge in [0.1, 0.15) is 11.3 Å². The zero-order chi connectivity index (χ0) is 26.9. The lowest BCUT2D eigenvalue weighted by Gasteiger charge is -2.40. The molecule has 196 valence electrons. The van der Waals surface area contributed by atoms with Crippen molar-refractivity contribution in [2.45, 2.75) is 92.6 Å². The number of esters is 1. The van der Waals surface area contributed by atoms with Crippen molar-refractivity contribution in [2.24, 2.45) is 5.41 Å². The molecule has 0 N–H and O–H groups in total. The summed E-state index contributed by atoms with van der Waals surface area (Å²) in [7, 11) is -2.04. The van der Waals surface area contributed by atoms with Gasteiger partial charge in [0.15, 0.2) is 8.32 Å². The number of benzene rings is 1. The molecule has 2 rings (SSSR count). The van der Waals surface area contributed by atoms with Gasteiger partial charge in [-0.05, 0) is 73.0 Å². The average molecular weight is 616 g/mol. The zero-order valence-electron chi connectivity index (χ0n) is 23.2. The maximum atomic E-state index is 13.4. The molecule has 0 radical (unpaired) electrons. The molecule has 0 saturated carbocycles. The Balaban J connectivity index is 2.84. The molecule has 1 aromatic carbocycles. The molecular formula is C27H42INO5Si. The van der Waals surface area contributed by atoms with Crippen molar-refractivity contribution in [2.75, 3.05) is 13.2 Å². The zero-order valence-corrected chi connectivity index (χ0v) is 26.3. The minimum absolute atomic E-state index is 0.0136. The average Bonchev–Trinajstić information content (AvgIpc) is 2.68. The standard InChI is InChI=1S/C27H42INO5Si/c1-12-32-25(31)19-15-29(23(26(4,5)6)16-33-35(10,11)27(7,8)9)21-14-22(34-17(2)3)20(28)13-18(21)24(19)30/h13-15,17,23H,12,16H2,1-11H3. The summed E-state index contributed by atoms with van der Waals surface area (Å²) in [5.41, 5.74) is 0.201. The second-order valence-electron chi connectivity index (χ2n) is 11.9. The van der Waals surface area contributed by atoms with Crippen LogP contribution in [0.4, 0.5) is 0 Å². The molecule has 0 aliphatic rings. The Labute approximate surface area is 225 Å². The van der Waals surface area contributed by atoms with E-state index in [9.17, 15) is 9.59 Å². The van der Waals surface area contributed by atoms with E-state index in [1.54, 1.807) is 13.1 Å². The van der Waals surface area contributed by atoms with Crippen LogP contribution < -0.4 is 10.2 Å². The Morgan fingerprint density at radius 3 is 2.20 bits per heavy atom. The first-order chi connectivity index (χ1) is 15.9. The van der Waals surface area contributed by atoms with E-state index in [1.807, 2.05) is 30.5 Å². The lowest BCUT2D eigenvalue weighted by atomic mass is 9.86. The Kier molecular flexibility index (Phi) is 9.31. The lowest BCUT2D eigenvalue weighted by molar-refractivity contribution is 0.0522. The van der Waals surface area contributed by atoms with E-state index in [4.69, 9.17) is 13.9 Å². The van der Waals surface area contributed by atoms with Crippen LogP contribution in [0.25, 0.3) is 10.9 Å². The summed E-state index contributed by atoms with van der Waals surface area (Å²) in [5.74, 6) is 0.103. The predicted molar refractivity (Wildman–Crippen MR) is 154 cm³/mol. The molecule has 8 heteroatoms. The molecule has 0 aliphatic heterocycles. The number of carbonyl (C=O) groups is 1. The molecule has 0 bridgehead atoms. The van der Waals surface area contributed by atoms with E-state index in [2.05, 4.69) is 77.2 Å². The minimum Gasteiger partial charge on any atom is -0.490 e. The summed E-state index contributed by atoms with van der Waals surface area (Å²) >= 11 is 2.18. The van der Waals surface area contributed by atoms with Crippen LogP contribution in [0.2, 0.25) is 18.1 Å². The van der Waals surface area contributed by atoms with Gasteiger partial charge in [0.2, 0.25) is 5.43 Å². The van der Waals surface area contributed by atoms with Crippen molar-refractivity contribution < 1.29 is 18.7 Å². The van der Waals surface area contributed by atoms with E-state index in [0.29, 0.717) is 17.7 Å². The van der Waals surface area contributed by atoms with Gasteiger partial charge >= 0.3 is 5.97 Å². The number of hydrogen-bond donors (Lipinski definition) is 0. The number of nitrogens with zero attached hydrogens (tertiary/aromatic N) is 1. The summed E-state index contributed by atoms with van der Waals surface area (Å²) in [6.45, 7) is 23.9. The molecule has 0 fully saturated rings. The molecule has 1 heterocycles. The fourth-order valence-corrected chi connectivity index (χ4v) is 5.16. The third-order valence-electron chi connectivity index (χ3n) is 6.69. The fourth-order valence-electron chi connectivity index (χ4n) is 3.56. The fraction of sp³-hybridized carbons (Fsp3) is 0.630. The van der Waals surface area contributed by atoms with E-state index in [1.165, 1.54) is 0 Å². The number of rotatable bonds is 8. The van der Waals surface area contributed by atoms with Crippen LogP contribution in [0, 0.1) is 8.99 Å². The van der Waals surface area contributed by atoms with Gasteiger partial charge in [-0.25, -0.2) is 4.79 Å². The third-order valence-corrected chi connectivity index (χ3v) is 12.0. The number of ether oxygens (including phenoxy) is 2. The van der Waals surface area contributed by atoms with Gasteiger partial charge in [-0.15, -0.1) is 0 Å². The summed E-state index contributed by atoms with van der Waals surface area (Å²) in [5, 5.41) is 0.531. The molecule has 0 saturated heterocycles. The highest BCUT2D eigenvalue weighted by Gasteiger charge is 2.39. The molecule has 0 aliphatic carbocycles. The van der Waals surface area contributed by atoms with Crippen molar-refractivity contribution >= 4 is 47.8 Å². The van der Waals surface area contributed by atoms with Crippen molar-refractivity contribution in [1.82, 2.24) is 4.57 Å². The van der Waals surface area contributed by atoms with Gasteiger partial charge in [-0.1, -0.05) is 41.5 Å². The molecule has 1 unspecified atom stereocenters. The van der Waals surface area contributed by atoms with Crippen molar-refractivity contribution in [3.05, 3.63) is 37.7 Å². The smallest absolute Gasteiger partial charge is 0.343 e. The normalized spacial score (nSPS) is 13.9. The van der Waals surface area contributed by atoms with E-state index >= 15 is 0 Å². The van der Waals surface area contributed by atoms with E-state index in [-0.39, 0.29) is 40.2 Å². The van der Waals surface area contributed by atoms with Gasteiger partial charge < -0.3 is 18.5 Å². The quantitative estimate of drug-likeness (QED) is 0.179. The molecule has 0 spiro atoms. The van der Waals surface area contributed by atoms with Crippen LogP contribution in [0.15, 0.2) is 23.1 Å². The number of halogens is 1. The Bertz CT molecular complexity index is 1130. The van der Waals surface area contributed by atoms with Crippen LogP contribution >= 0.6 is 22.6 Å². The second kappa shape index (κ2) is 10.9. The van der Waals surface area contributed by atoms with Crippen LogP contribution in [0.5, 0.6) is 5.75 Å². The molecule has 1 atom stereocenters. The highest BCUT2D eigenvalue weighted by Crippen LogP contribution is 2.40. The molecular weight excluding hydrogens is 573 g/mol. The highest BCUT2D eigenvalue weighted by molar-refractivity contribution is 14.1. The molecule has 0 amide bonds. The topological polar surface area (TPSA) is 66.8 Å². The number of fused-ring (bicyclic) bond motifs is 1. The van der Waals surface area contributed by atoms with E-state index < -0.39 is 14.3 Å². The molecule has 35 heavy (non-hydrogen) atoms. The number of carbonyl (C=O) groups excluding carboxylic acids is 1. The third kappa shape index (κ3) is 6.89. The molecule has 1 aromatic heterocycles. The Hall–Kier alpha value is -1.39. The largest absolute Gasteiger partial charge is 0.490 e. The summed E-state index contributed by atoms with van der Waals surface area (Å²) in [4.78, 5) is 26.2. The first-order valence-corrected chi connectivity index (χ1v) is 16.3. The number of pyridine rings is 1. The molecule has 2 aromatic rings. The minimum atomic E-state index is -2.04. The number of aromatic nitrogens is 1. The Morgan fingerprint density at radius 1 is 1.11 bits per heavy atom. The number of hydrogen-bond acceptors (Lipinski definition) is 5. The van der Waals surface area contributed by atoms with Gasteiger partial charge in [0.25, 0.3) is 0 Å². The first kappa shape index (κ1) is 29.8. The van der Waals surface area contributed by atoms with Crippen LogP contribution in [-0.4, -0.2) is 38.2 Å². The summed E-state index contributed by atoms with van der Waals surface area (Å²) < 4.78 is 20.8. The van der Waals surface area contributed by atoms with Crippen molar-refractivity contribution in [3.63, 3.8) is 0 Å². The van der Waals surface area contributed by atoms with Crippen LogP contribution in [0.1, 0.15) is 78.7 Å². The SMILES string of the molecule is CCOC(=O)c1cn(C(CO[Si](C)(C)C(C)(C)C)C(C)(C)C)c2cc(OC(C)C)c(I)cc2c1=O. The van der Waals surface area contributed by atoms with E-state index in [0.717, 1.165) is 9.09 Å². The van der Waals surface area contributed by atoms with Gasteiger partial charge in [0.05, 0.1) is 34.4 Å². The summed E-state index contributed by atoms with van der Waals surface area (Å²) in [6.07, 6.45) is 1.64. The summed E-state index contributed by atoms with van der Waals surface area (Å²) in [6, 6.07) is 3.59. The van der Waals surface area contributed by atoms with Crippen LogP contribution in [-0.2, 0) is 9.16 Å². The van der Waals surface area contributed by atoms with Crippen molar-refractivity contribution in [1.29, 1.82) is 0 Å². The van der Waals surface area contributed by atoms with Crippen molar-refractivity contribution in [3.8, 4) is 5.75 Å². The lowest BCUT2D eigenvalue weighted by Crippen LogP contribution is -2.43. The maximum absolute atomic E-state index is 13.4. The van der Waals surface area contributed by atoms with Gasteiger partial charge in [-0.3, -0.25) is 4.79 Å². The first-order valence-electron chi connectivity index (χ1n) is 12.3.